The maximum absolute atomic E-state index is 9.39. The summed E-state index contributed by atoms with van der Waals surface area (Å²) >= 11 is 0. The van der Waals surface area contributed by atoms with E-state index in [4.69, 9.17) is 4.98 Å². The molecule has 0 unspecified atom stereocenters. The molecule has 1 atom stereocenters. The maximum Gasteiger partial charge on any atom is 0.161 e. The van der Waals surface area contributed by atoms with E-state index in [1.165, 1.54) is 5.56 Å². The van der Waals surface area contributed by atoms with E-state index in [0.29, 0.717) is 5.75 Å². The van der Waals surface area contributed by atoms with Crippen LogP contribution in [0.2, 0.25) is 0 Å². The van der Waals surface area contributed by atoms with Gasteiger partial charge in [-0.2, -0.15) is 0 Å². The first kappa shape index (κ1) is 16.0. The average molecular weight is 319 g/mol. The topological polar surface area (TPSA) is 49.2 Å². The molecule has 3 rings (SSSR count). The van der Waals surface area contributed by atoms with Crippen LogP contribution in [0.25, 0.3) is 11.4 Å². The summed E-state index contributed by atoms with van der Waals surface area (Å²) in [5, 5.41) is 9.39. The average Bonchev–Trinajstić information content (AvgIpc) is 2.64. The number of aromatic hydroxyl groups is 1. The van der Waals surface area contributed by atoms with Crippen molar-refractivity contribution in [2.75, 3.05) is 11.9 Å². The van der Waals surface area contributed by atoms with Gasteiger partial charge in [0.2, 0.25) is 0 Å². The SMILES string of the molecule is C[C@@H](Cc1ccc(O)cc1)N(C)c1ccnc(-c2ccccc2)n1. The Balaban J connectivity index is 1.77. The lowest BCUT2D eigenvalue weighted by Crippen LogP contribution is -2.31. The van der Waals surface area contributed by atoms with Crippen molar-refractivity contribution >= 4 is 5.82 Å². The van der Waals surface area contributed by atoms with Crippen LogP contribution in [0.1, 0.15) is 12.5 Å². The van der Waals surface area contributed by atoms with Gasteiger partial charge in [-0.15, -0.1) is 0 Å². The Morgan fingerprint density at radius 2 is 1.71 bits per heavy atom. The second-order valence-corrected chi connectivity index (χ2v) is 5.93. The van der Waals surface area contributed by atoms with E-state index in [1.807, 2.05) is 55.6 Å². The summed E-state index contributed by atoms with van der Waals surface area (Å²) in [4.78, 5) is 11.2. The van der Waals surface area contributed by atoms with Gasteiger partial charge in [0.05, 0.1) is 0 Å². The van der Waals surface area contributed by atoms with Gasteiger partial charge in [0.25, 0.3) is 0 Å². The van der Waals surface area contributed by atoms with Crippen LogP contribution in [0.5, 0.6) is 5.75 Å². The molecule has 0 radical (unpaired) electrons. The number of benzene rings is 2. The normalized spacial score (nSPS) is 11.9. The Kier molecular flexibility index (Phi) is 4.75. The molecular formula is C20H21N3O. The zero-order valence-corrected chi connectivity index (χ0v) is 13.9. The third kappa shape index (κ3) is 3.71. The van der Waals surface area contributed by atoms with Gasteiger partial charge in [-0.25, -0.2) is 9.97 Å². The van der Waals surface area contributed by atoms with E-state index in [2.05, 4.69) is 16.8 Å². The van der Waals surface area contributed by atoms with Crippen LogP contribution < -0.4 is 4.90 Å². The van der Waals surface area contributed by atoms with Crippen LogP contribution >= 0.6 is 0 Å². The fourth-order valence-corrected chi connectivity index (χ4v) is 2.61. The highest BCUT2D eigenvalue weighted by atomic mass is 16.3. The first-order valence-electron chi connectivity index (χ1n) is 8.02. The van der Waals surface area contributed by atoms with Crippen LogP contribution in [0.3, 0.4) is 0 Å². The van der Waals surface area contributed by atoms with Crippen molar-refractivity contribution in [1.82, 2.24) is 9.97 Å². The minimum Gasteiger partial charge on any atom is -0.508 e. The zero-order valence-electron chi connectivity index (χ0n) is 13.9. The highest BCUT2D eigenvalue weighted by Crippen LogP contribution is 2.20. The van der Waals surface area contributed by atoms with Crippen molar-refractivity contribution in [3.05, 3.63) is 72.4 Å². The predicted molar refractivity (Wildman–Crippen MR) is 97.1 cm³/mol. The Morgan fingerprint density at radius 1 is 1.00 bits per heavy atom. The number of rotatable bonds is 5. The third-order valence-corrected chi connectivity index (χ3v) is 4.16. The first-order chi connectivity index (χ1) is 11.6. The van der Waals surface area contributed by atoms with Crippen LogP contribution in [0.15, 0.2) is 66.9 Å². The van der Waals surface area contributed by atoms with E-state index in [1.54, 1.807) is 18.3 Å². The van der Waals surface area contributed by atoms with Crippen molar-refractivity contribution in [2.24, 2.45) is 0 Å². The summed E-state index contributed by atoms with van der Waals surface area (Å²) < 4.78 is 0. The van der Waals surface area contributed by atoms with Crippen molar-refractivity contribution in [2.45, 2.75) is 19.4 Å². The maximum atomic E-state index is 9.39. The van der Waals surface area contributed by atoms with Crippen LogP contribution in [0.4, 0.5) is 5.82 Å². The lowest BCUT2D eigenvalue weighted by molar-refractivity contribution is 0.475. The quantitative estimate of drug-likeness (QED) is 0.774. The Hall–Kier alpha value is -2.88. The van der Waals surface area contributed by atoms with Crippen molar-refractivity contribution in [1.29, 1.82) is 0 Å². The van der Waals surface area contributed by atoms with E-state index in [-0.39, 0.29) is 6.04 Å². The number of hydrogen-bond acceptors (Lipinski definition) is 4. The number of likely N-dealkylation sites (N-methyl/N-ethyl adjacent to an activating group) is 1. The zero-order chi connectivity index (χ0) is 16.9. The van der Waals surface area contributed by atoms with Crippen LogP contribution in [-0.2, 0) is 6.42 Å². The Morgan fingerprint density at radius 3 is 2.42 bits per heavy atom. The molecule has 1 N–H and O–H groups in total. The molecule has 4 nitrogen and oxygen atoms in total. The number of phenols is 1. The molecule has 1 aromatic heterocycles. The first-order valence-corrected chi connectivity index (χ1v) is 8.02. The molecule has 24 heavy (non-hydrogen) atoms. The van der Waals surface area contributed by atoms with Gasteiger partial charge < -0.3 is 10.0 Å². The van der Waals surface area contributed by atoms with Crippen LogP contribution in [0, 0.1) is 0 Å². The number of phenolic OH excluding ortho intramolecular Hbond substituents is 1. The van der Waals surface area contributed by atoms with Gasteiger partial charge in [-0.1, -0.05) is 42.5 Å². The molecule has 0 spiro atoms. The van der Waals surface area contributed by atoms with E-state index >= 15 is 0 Å². The van der Waals surface area contributed by atoms with Gasteiger partial charge in [0.1, 0.15) is 11.6 Å². The smallest absolute Gasteiger partial charge is 0.161 e. The van der Waals surface area contributed by atoms with E-state index in [9.17, 15) is 5.11 Å². The molecule has 4 heteroatoms. The fourth-order valence-electron chi connectivity index (χ4n) is 2.61. The largest absolute Gasteiger partial charge is 0.508 e. The molecule has 3 aromatic rings. The molecule has 1 heterocycles. The number of aromatic nitrogens is 2. The summed E-state index contributed by atoms with van der Waals surface area (Å²) in [6.07, 6.45) is 2.68. The molecule has 0 bridgehead atoms. The molecule has 0 saturated carbocycles. The second-order valence-electron chi connectivity index (χ2n) is 5.93. The summed E-state index contributed by atoms with van der Waals surface area (Å²) in [5.74, 6) is 1.93. The molecular weight excluding hydrogens is 298 g/mol. The molecule has 122 valence electrons. The highest BCUT2D eigenvalue weighted by molar-refractivity contribution is 5.57. The van der Waals surface area contributed by atoms with Crippen molar-refractivity contribution < 1.29 is 5.11 Å². The number of nitrogens with zero attached hydrogens (tertiary/aromatic N) is 3. The lowest BCUT2D eigenvalue weighted by atomic mass is 10.1. The molecule has 0 aliphatic carbocycles. The Bertz CT molecular complexity index is 787. The third-order valence-electron chi connectivity index (χ3n) is 4.16. The van der Waals surface area contributed by atoms with Crippen molar-refractivity contribution in [3.63, 3.8) is 0 Å². The summed E-state index contributed by atoms with van der Waals surface area (Å²) in [6.45, 7) is 2.16. The number of anilines is 1. The summed E-state index contributed by atoms with van der Waals surface area (Å²) in [6, 6.07) is 19.5. The van der Waals surface area contributed by atoms with E-state index in [0.717, 1.165) is 23.6 Å². The molecule has 0 saturated heterocycles. The molecule has 0 amide bonds. The molecule has 0 aliphatic heterocycles. The van der Waals surface area contributed by atoms with Crippen molar-refractivity contribution in [3.8, 4) is 17.1 Å². The van der Waals surface area contributed by atoms with Crippen LogP contribution in [-0.4, -0.2) is 28.2 Å². The van der Waals surface area contributed by atoms with Gasteiger partial charge in [-0.05, 0) is 37.1 Å². The van der Waals surface area contributed by atoms with Gasteiger partial charge in [0.15, 0.2) is 5.82 Å². The fraction of sp³-hybridized carbons (Fsp3) is 0.200. The van der Waals surface area contributed by atoms with Gasteiger partial charge >= 0.3 is 0 Å². The monoisotopic (exact) mass is 319 g/mol. The Labute approximate surface area is 142 Å². The predicted octanol–water partition coefficient (Wildman–Crippen LogP) is 3.92. The molecule has 0 fully saturated rings. The van der Waals surface area contributed by atoms with Gasteiger partial charge in [0, 0.05) is 24.8 Å². The van der Waals surface area contributed by atoms with Gasteiger partial charge in [-0.3, -0.25) is 0 Å². The minimum atomic E-state index is 0.271. The van der Waals surface area contributed by atoms with E-state index < -0.39 is 0 Å². The number of hydrogen-bond donors (Lipinski definition) is 1. The summed E-state index contributed by atoms with van der Waals surface area (Å²) in [7, 11) is 2.04. The summed E-state index contributed by atoms with van der Waals surface area (Å²) in [5.41, 5.74) is 2.20. The standard InChI is InChI=1S/C20H21N3O/c1-15(14-16-8-10-18(24)11-9-16)23(2)19-12-13-21-20(22-19)17-6-4-3-5-7-17/h3-13,15,24H,14H2,1-2H3/t15-/m0/s1. The molecule has 0 aliphatic rings. The minimum absolute atomic E-state index is 0.271. The second kappa shape index (κ2) is 7.13. The lowest BCUT2D eigenvalue weighted by Gasteiger charge is -2.26. The highest BCUT2D eigenvalue weighted by Gasteiger charge is 2.13. The molecule has 2 aromatic carbocycles.